The summed E-state index contributed by atoms with van der Waals surface area (Å²) in [6, 6.07) is 1.74. The van der Waals surface area contributed by atoms with Gasteiger partial charge in [0.25, 0.3) is 0 Å². The number of carbonyl (C=O) groups excluding carboxylic acids is 1. The molecule has 0 aliphatic carbocycles. The third-order valence-electron chi connectivity index (χ3n) is 3.40. The number of piperidine rings is 1. The van der Waals surface area contributed by atoms with Crippen molar-refractivity contribution in [2.45, 2.75) is 25.5 Å². The molecule has 1 aliphatic heterocycles. The first kappa shape index (κ1) is 13.5. The Morgan fingerprint density at radius 1 is 1.29 bits per heavy atom. The van der Waals surface area contributed by atoms with Crippen molar-refractivity contribution in [1.82, 2.24) is 29.6 Å². The number of ether oxygens (including phenoxy) is 1. The van der Waals surface area contributed by atoms with Gasteiger partial charge in [-0.25, -0.2) is 19.6 Å². The van der Waals surface area contributed by atoms with E-state index in [1.807, 2.05) is 4.90 Å². The van der Waals surface area contributed by atoms with Crippen LogP contribution < -0.4 is 4.74 Å². The largest absolute Gasteiger partial charge is 0.474 e. The fraction of sp³-hybridized carbons (Fsp3) is 0.462. The van der Waals surface area contributed by atoms with Crippen molar-refractivity contribution < 1.29 is 9.53 Å². The number of carbonyl (C=O) groups is 1. The zero-order chi connectivity index (χ0) is 14.5. The summed E-state index contributed by atoms with van der Waals surface area (Å²) in [5, 5.41) is 3.94. The van der Waals surface area contributed by atoms with Crippen LogP contribution in [0.4, 0.5) is 0 Å². The number of aromatic nitrogens is 5. The minimum Gasteiger partial charge on any atom is -0.474 e. The molecular weight excluding hydrogens is 272 g/mol. The maximum Gasteiger partial charge on any atom is 0.244 e. The van der Waals surface area contributed by atoms with Gasteiger partial charge < -0.3 is 9.64 Å². The Kier molecular flexibility index (Phi) is 4.04. The highest BCUT2D eigenvalue weighted by molar-refractivity contribution is 5.75. The third-order valence-corrected chi connectivity index (χ3v) is 3.40. The zero-order valence-corrected chi connectivity index (χ0v) is 11.5. The second kappa shape index (κ2) is 6.29. The molecule has 8 nitrogen and oxygen atoms in total. The van der Waals surface area contributed by atoms with E-state index in [1.165, 1.54) is 17.3 Å². The van der Waals surface area contributed by atoms with E-state index < -0.39 is 0 Å². The van der Waals surface area contributed by atoms with Gasteiger partial charge in [-0.3, -0.25) is 4.79 Å². The van der Waals surface area contributed by atoms with Crippen molar-refractivity contribution in [2.75, 3.05) is 13.1 Å². The number of hydrogen-bond acceptors (Lipinski definition) is 6. The van der Waals surface area contributed by atoms with Gasteiger partial charge in [0.1, 0.15) is 31.6 Å². The highest BCUT2D eigenvalue weighted by Gasteiger charge is 2.24. The molecule has 1 fully saturated rings. The molecule has 1 aliphatic rings. The van der Waals surface area contributed by atoms with Crippen LogP contribution in [0.2, 0.25) is 0 Å². The van der Waals surface area contributed by atoms with E-state index in [0.29, 0.717) is 19.0 Å². The SMILES string of the molecule is O=C(Cn1cncn1)N1CCC(Oc2ccncn2)CC1. The number of likely N-dealkylation sites (tertiary alicyclic amines) is 1. The minimum atomic E-state index is 0.0565. The summed E-state index contributed by atoms with van der Waals surface area (Å²) < 4.78 is 7.31. The van der Waals surface area contributed by atoms with Crippen LogP contribution in [-0.4, -0.2) is 54.7 Å². The van der Waals surface area contributed by atoms with Crippen molar-refractivity contribution in [3.8, 4) is 5.88 Å². The standard InChI is InChI=1S/C13H16N6O2/c20-13(7-19-10-15-9-17-19)18-5-2-11(3-6-18)21-12-1-4-14-8-16-12/h1,4,8-11H,2-3,5-7H2. The Labute approximate surface area is 121 Å². The first-order valence-corrected chi connectivity index (χ1v) is 6.84. The van der Waals surface area contributed by atoms with E-state index >= 15 is 0 Å². The van der Waals surface area contributed by atoms with Gasteiger partial charge in [0.05, 0.1) is 0 Å². The first-order valence-electron chi connectivity index (χ1n) is 6.84. The van der Waals surface area contributed by atoms with Gasteiger partial charge in [-0.1, -0.05) is 0 Å². The Hall–Kier alpha value is -2.51. The fourth-order valence-corrected chi connectivity index (χ4v) is 2.30. The Morgan fingerprint density at radius 3 is 2.81 bits per heavy atom. The van der Waals surface area contributed by atoms with Crippen LogP contribution in [0.3, 0.4) is 0 Å². The summed E-state index contributed by atoms with van der Waals surface area (Å²) in [6.45, 7) is 1.60. The molecule has 0 bridgehead atoms. The third kappa shape index (κ3) is 3.53. The van der Waals surface area contributed by atoms with Crippen LogP contribution in [0.5, 0.6) is 5.88 Å². The quantitative estimate of drug-likeness (QED) is 0.795. The average molecular weight is 288 g/mol. The molecule has 1 amide bonds. The van der Waals surface area contributed by atoms with Crippen molar-refractivity contribution in [2.24, 2.45) is 0 Å². The van der Waals surface area contributed by atoms with Gasteiger partial charge in [-0.2, -0.15) is 5.10 Å². The van der Waals surface area contributed by atoms with Gasteiger partial charge in [0.15, 0.2) is 0 Å². The molecule has 0 N–H and O–H groups in total. The summed E-state index contributed by atoms with van der Waals surface area (Å²) in [7, 11) is 0. The van der Waals surface area contributed by atoms with E-state index in [4.69, 9.17) is 4.74 Å². The normalized spacial score (nSPS) is 15.9. The van der Waals surface area contributed by atoms with Crippen LogP contribution >= 0.6 is 0 Å². The molecule has 0 saturated carbocycles. The maximum absolute atomic E-state index is 12.1. The second-order valence-corrected chi connectivity index (χ2v) is 4.84. The Bertz CT molecular complexity index is 566. The summed E-state index contributed by atoms with van der Waals surface area (Å²) in [5.41, 5.74) is 0. The van der Waals surface area contributed by atoms with Crippen molar-refractivity contribution >= 4 is 5.91 Å². The monoisotopic (exact) mass is 288 g/mol. The lowest BCUT2D eigenvalue weighted by molar-refractivity contribution is -0.133. The van der Waals surface area contributed by atoms with Gasteiger partial charge in [-0.15, -0.1) is 0 Å². The van der Waals surface area contributed by atoms with Gasteiger partial charge in [0, 0.05) is 38.2 Å². The molecule has 0 spiro atoms. The molecule has 0 aromatic carbocycles. The fourth-order valence-electron chi connectivity index (χ4n) is 2.30. The van der Waals surface area contributed by atoms with Crippen LogP contribution in [-0.2, 0) is 11.3 Å². The smallest absolute Gasteiger partial charge is 0.244 e. The first-order chi connectivity index (χ1) is 10.3. The molecule has 3 heterocycles. The van der Waals surface area contributed by atoms with Gasteiger partial charge >= 0.3 is 0 Å². The van der Waals surface area contributed by atoms with E-state index in [-0.39, 0.29) is 18.6 Å². The molecule has 21 heavy (non-hydrogen) atoms. The van der Waals surface area contributed by atoms with Crippen LogP contribution in [0.1, 0.15) is 12.8 Å². The van der Waals surface area contributed by atoms with E-state index in [0.717, 1.165) is 12.8 Å². The molecule has 2 aromatic rings. The highest BCUT2D eigenvalue weighted by atomic mass is 16.5. The second-order valence-electron chi connectivity index (χ2n) is 4.84. The maximum atomic E-state index is 12.1. The summed E-state index contributed by atoms with van der Waals surface area (Å²) in [6.07, 6.45) is 7.78. The molecule has 0 unspecified atom stereocenters. The minimum absolute atomic E-state index is 0.0565. The summed E-state index contributed by atoms with van der Waals surface area (Å²) in [4.78, 5) is 25.7. The molecule has 1 saturated heterocycles. The van der Waals surface area contributed by atoms with Crippen LogP contribution in [0.15, 0.2) is 31.2 Å². The molecule has 3 rings (SSSR count). The molecule has 0 atom stereocenters. The number of rotatable bonds is 4. The van der Waals surface area contributed by atoms with E-state index in [9.17, 15) is 4.79 Å². The van der Waals surface area contributed by atoms with Gasteiger partial charge in [-0.05, 0) is 0 Å². The van der Waals surface area contributed by atoms with Crippen molar-refractivity contribution in [3.05, 3.63) is 31.2 Å². The van der Waals surface area contributed by atoms with Gasteiger partial charge in [0.2, 0.25) is 11.8 Å². The molecule has 110 valence electrons. The van der Waals surface area contributed by atoms with Crippen molar-refractivity contribution in [3.63, 3.8) is 0 Å². The number of amides is 1. The summed E-state index contributed by atoms with van der Waals surface area (Å²) >= 11 is 0. The van der Waals surface area contributed by atoms with Crippen LogP contribution in [0, 0.1) is 0 Å². The Balaban J connectivity index is 1.47. The summed E-state index contributed by atoms with van der Waals surface area (Å²) in [5.74, 6) is 0.637. The number of nitrogens with zero attached hydrogens (tertiary/aromatic N) is 6. The van der Waals surface area contributed by atoms with Crippen LogP contribution in [0.25, 0.3) is 0 Å². The van der Waals surface area contributed by atoms with E-state index in [2.05, 4.69) is 20.1 Å². The average Bonchev–Trinajstić information content (AvgIpc) is 3.02. The zero-order valence-electron chi connectivity index (χ0n) is 11.5. The highest BCUT2D eigenvalue weighted by Crippen LogP contribution is 2.16. The number of hydrogen-bond donors (Lipinski definition) is 0. The molecule has 8 heteroatoms. The molecule has 0 radical (unpaired) electrons. The predicted octanol–water partition coefficient (Wildman–Crippen LogP) is 0.138. The Morgan fingerprint density at radius 2 is 2.14 bits per heavy atom. The lowest BCUT2D eigenvalue weighted by Gasteiger charge is -2.31. The van der Waals surface area contributed by atoms with E-state index in [1.54, 1.807) is 18.6 Å². The van der Waals surface area contributed by atoms with Crippen molar-refractivity contribution in [1.29, 1.82) is 0 Å². The lowest BCUT2D eigenvalue weighted by atomic mass is 10.1. The molecule has 2 aromatic heterocycles. The molecular formula is C13H16N6O2. The lowest BCUT2D eigenvalue weighted by Crippen LogP contribution is -2.43. The topological polar surface area (TPSA) is 86.0 Å². The predicted molar refractivity (Wildman–Crippen MR) is 72.3 cm³/mol.